The maximum Gasteiger partial charge on any atom is 0.298 e. The van der Waals surface area contributed by atoms with E-state index >= 15 is 0 Å². The Hall–Kier alpha value is -2.08. The molecule has 0 bridgehead atoms. The highest BCUT2D eigenvalue weighted by Gasteiger charge is 2.27. The maximum atomic E-state index is 12.4. The van der Waals surface area contributed by atoms with E-state index < -0.39 is 0 Å². The first-order valence-electron chi connectivity index (χ1n) is 9.31. The van der Waals surface area contributed by atoms with Gasteiger partial charge in [-0.25, -0.2) is 0 Å². The lowest BCUT2D eigenvalue weighted by molar-refractivity contribution is -0.125. The molecule has 2 heterocycles. The summed E-state index contributed by atoms with van der Waals surface area (Å²) >= 11 is 0. The Morgan fingerprint density at radius 1 is 1.28 bits per heavy atom. The van der Waals surface area contributed by atoms with E-state index in [4.69, 9.17) is 4.42 Å². The fraction of sp³-hybridized carbons (Fsp3) is 0.579. The summed E-state index contributed by atoms with van der Waals surface area (Å²) in [5, 5.41) is 3.09. The van der Waals surface area contributed by atoms with Crippen molar-refractivity contribution in [3.8, 4) is 0 Å². The zero-order chi connectivity index (χ0) is 17.6. The first kappa shape index (κ1) is 17.7. The molecule has 0 spiro atoms. The van der Waals surface area contributed by atoms with Gasteiger partial charge in [0.05, 0.1) is 0 Å². The SMILES string of the molecule is CCN(CC)CCNC(=O)C1CCN(c2nc3ccccc3o2)CC1. The molecule has 1 saturated heterocycles. The molecule has 6 heteroatoms. The zero-order valence-electron chi connectivity index (χ0n) is 15.2. The number of para-hydroxylation sites is 2. The van der Waals surface area contributed by atoms with E-state index in [0.29, 0.717) is 6.01 Å². The van der Waals surface area contributed by atoms with E-state index in [9.17, 15) is 4.79 Å². The Morgan fingerprint density at radius 3 is 2.68 bits per heavy atom. The van der Waals surface area contributed by atoms with Gasteiger partial charge in [0.2, 0.25) is 5.91 Å². The Kier molecular flexibility index (Phi) is 5.91. The van der Waals surface area contributed by atoms with Crippen molar-refractivity contribution >= 4 is 23.0 Å². The minimum Gasteiger partial charge on any atom is -0.423 e. The van der Waals surface area contributed by atoms with Crippen LogP contribution in [-0.4, -0.2) is 55.1 Å². The molecule has 1 aromatic carbocycles. The minimum absolute atomic E-state index is 0.0948. The highest BCUT2D eigenvalue weighted by Crippen LogP contribution is 2.26. The van der Waals surface area contributed by atoms with Gasteiger partial charge in [-0.15, -0.1) is 0 Å². The molecule has 6 nitrogen and oxygen atoms in total. The number of oxazole rings is 1. The predicted octanol–water partition coefficient (Wildman–Crippen LogP) is 2.50. The van der Waals surface area contributed by atoms with Crippen molar-refractivity contribution in [3.05, 3.63) is 24.3 Å². The number of carbonyl (C=O) groups excluding carboxylic acids is 1. The number of amides is 1. The van der Waals surface area contributed by atoms with Gasteiger partial charge in [0, 0.05) is 32.1 Å². The molecule has 1 aliphatic rings. The highest BCUT2D eigenvalue weighted by atomic mass is 16.4. The molecule has 0 radical (unpaired) electrons. The number of likely N-dealkylation sites (N-methyl/N-ethyl adjacent to an activating group) is 1. The van der Waals surface area contributed by atoms with Gasteiger partial charge < -0.3 is 19.5 Å². The molecule has 0 aliphatic carbocycles. The van der Waals surface area contributed by atoms with Crippen molar-refractivity contribution < 1.29 is 9.21 Å². The summed E-state index contributed by atoms with van der Waals surface area (Å²) < 4.78 is 5.83. The van der Waals surface area contributed by atoms with Crippen LogP contribution in [0.4, 0.5) is 6.01 Å². The summed E-state index contributed by atoms with van der Waals surface area (Å²) in [5.41, 5.74) is 1.70. The number of hydrogen-bond donors (Lipinski definition) is 1. The van der Waals surface area contributed by atoms with Gasteiger partial charge in [-0.2, -0.15) is 4.98 Å². The molecular formula is C19H28N4O2. The van der Waals surface area contributed by atoms with Crippen LogP contribution in [0, 0.1) is 5.92 Å². The van der Waals surface area contributed by atoms with Crippen LogP contribution in [-0.2, 0) is 4.79 Å². The molecule has 1 N–H and O–H groups in total. The first-order chi connectivity index (χ1) is 12.2. The van der Waals surface area contributed by atoms with Crippen LogP contribution in [0.15, 0.2) is 28.7 Å². The third kappa shape index (κ3) is 4.31. The largest absolute Gasteiger partial charge is 0.423 e. The molecule has 136 valence electrons. The van der Waals surface area contributed by atoms with E-state index in [1.807, 2.05) is 24.3 Å². The Bertz CT molecular complexity index is 655. The van der Waals surface area contributed by atoms with Gasteiger partial charge in [-0.05, 0) is 38.1 Å². The number of benzene rings is 1. The summed E-state index contributed by atoms with van der Waals surface area (Å²) in [7, 11) is 0. The number of anilines is 1. The third-order valence-electron chi connectivity index (χ3n) is 5.04. The van der Waals surface area contributed by atoms with Crippen LogP contribution >= 0.6 is 0 Å². The second kappa shape index (κ2) is 8.34. The average Bonchev–Trinajstić information content (AvgIpc) is 3.09. The monoisotopic (exact) mass is 344 g/mol. The van der Waals surface area contributed by atoms with Crippen LogP contribution in [0.2, 0.25) is 0 Å². The van der Waals surface area contributed by atoms with Gasteiger partial charge in [0.25, 0.3) is 6.01 Å². The standard InChI is InChI=1S/C19H28N4O2/c1-3-22(4-2)14-11-20-18(24)15-9-12-23(13-10-15)19-21-16-7-5-6-8-17(16)25-19/h5-8,15H,3-4,9-14H2,1-2H3,(H,20,24). The van der Waals surface area contributed by atoms with Crippen LogP contribution in [0.25, 0.3) is 11.1 Å². The van der Waals surface area contributed by atoms with Gasteiger partial charge >= 0.3 is 0 Å². The van der Waals surface area contributed by atoms with Gasteiger partial charge in [0.1, 0.15) is 5.52 Å². The predicted molar refractivity (Wildman–Crippen MR) is 99.7 cm³/mol. The molecule has 1 aliphatic heterocycles. The average molecular weight is 344 g/mol. The fourth-order valence-corrected chi connectivity index (χ4v) is 3.35. The van der Waals surface area contributed by atoms with Crippen molar-refractivity contribution in [3.63, 3.8) is 0 Å². The van der Waals surface area contributed by atoms with Crippen molar-refractivity contribution in [1.29, 1.82) is 0 Å². The van der Waals surface area contributed by atoms with Crippen LogP contribution in [0.5, 0.6) is 0 Å². The lowest BCUT2D eigenvalue weighted by Gasteiger charge is -2.30. The number of piperidine rings is 1. The first-order valence-corrected chi connectivity index (χ1v) is 9.31. The van der Waals surface area contributed by atoms with E-state index in [-0.39, 0.29) is 11.8 Å². The number of carbonyl (C=O) groups is 1. The number of fused-ring (bicyclic) bond motifs is 1. The number of aromatic nitrogens is 1. The summed E-state index contributed by atoms with van der Waals surface area (Å²) in [4.78, 5) is 21.4. The van der Waals surface area contributed by atoms with Gasteiger partial charge in [-0.3, -0.25) is 4.79 Å². The number of nitrogens with zero attached hydrogens (tertiary/aromatic N) is 3. The van der Waals surface area contributed by atoms with Gasteiger partial charge in [-0.1, -0.05) is 26.0 Å². The minimum atomic E-state index is 0.0948. The van der Waals surface area contributed by atoms with Crippen molar-refractivity contribution in [2.45, 2.75) is 26.7 Å². The van der Waals surface area contributed by atoms with Crippen LogP contribution < -0.4 is 10.2 Å². The molecule has 1 amide bonds. The van der Waals surface area contributed by atoms with Crippen molar-refractivity contribution in [1.82, 2.24) is 15.2 Å². The lowest BCUT2D eigenvalue weighted by Crippen LogP contribution is -2.42. The molecule has 2 aromatic rings. The Morgan fingerprint density at radius 2 is 2.00 bits per heavy atom. The van der Waals surface area contributed by atoms with Crippen molar-refractivity contribution in [2.75, 3.05) is 44.2 Å². The number of rotatable bonds is 7. The molecule has 0 saturated carbocycles. The number of nitrogens with one attached hydrogen (secondary N) is 1. The summed E-state index contributed by atoms with van der Waals surface area (Å²) in [6, 6.07) is 8.47. The maximum absolute atomic E-state index is 12.4. The number of hydrogen-bond acceptors (Lipinski definition) is 5. The summed E-state index contributed by atoms with van der Waals surface area (Å²) in [6.45, 7) is 9.60. The van der Waals surface area contributed by atoms with Crippen molar-refractivity contribution in [2.24, 2.45) is 5.92 Å². The summed E-state index contributed by atoms with van der Waals surface area (Å²) in [5.74, 6) is 0.279. The van der Waals surface area contributed by atoms with Gasteiger partial charge in [0.15, 0.2) is 5.58 Å². The van der Waals surface area contributed by atoms with Crippen LogP contribution in [0.1, 0.15) is 26.7 Å². The molecule has 25 heavy (non-hydrogen) atoms. The van der Waals surface area contributed by atoms with E-state index in [1.54, 1.807) is 0 Å². The molecule has 3 rings (SSSR count). The molecule has 1 aromatic heterocycles. The molecule has 1 fully saturated rings. The summed E-state index contributed by atoms with van der Waals surface area (Å²) in [6.07, 6.45) is 1.69. The van der Waals surface area contributed by atoms with E-state index in [0.717, 1.165) is 63.2 Å². The Balaban J connectivity index is 1.47. The molecule has 0 atom stereocenters. The smallest absolute Gasteiger partial charge is 0.298 e. The fourth-order valence-electron chi connectivity index (χ4n) is 3.35. The zero-order valence-corrected chi connectivity index (χ0v) is 15.2. The topological polar surface area (TPSA) is 61.6 Å². The quantitative estimate of drug-likeness (QED) is 0.836. The normalized spacial score (nSPS) is 15.9. The second-order valence-electron chi connectivity index (χ2n) is 6.54. The van der Waals surface area contributed by atoms with E-state index in [1.165, 1.54) is 0 Å². The molecule has 0 unspecified atom stereocenters. The lowest BCUT2D eigenvalue weighted by atomic mass is 9.96. The highest BCUT2D eigenvalue weighted by molar-refractivity contribution is 5.79. The molecular weight excluding hydrogens is 316 g/mol. The second-order valence-corrected chi connectivity index (χ2v) is 6.54. The van der Waals surface area contributed by atoms with Crippen LogP contribution in [0.3, 0.4) is 0 Å². The third-order valence-corrected chi connectivity index (χ3v) is 5.04. The van der Waals surface area contributed by atoms with E-state index in [2.05, 4.69) is 33.9 Å². The Labute approximate surface area is 149 Å².